The summed E-state index contributed by atoms with van der Waals surface area (Å²) in [7, 11) is 0. The summed E-state index contributed by atoms with van der Waals surface area (Å²) in [5.41, 5.74) is 0.256. The van der Waals surface area contributed by atoms with Crippen molar-refractivity contribution in [1.82, 2.24) is 0 Å². The Labute approximate surface area is 112 Å². The van der Waals surface area contributed by atoms with Crippen molar-refractivity contribution < 1.29 is 14.6 Å². The lowest BCUT2D eigenvalue weighted by atomic mass is 10.2. The van der Waals surface area contributed by atoms with E-state index < -0.39 is 5.97 Å². The van der Waals surface area contributed by atoms with Crippen LogP contribution in [-0.2, 0) is 0 Å². The van der Waals surface area contributed by atoms with Crippen molar-refractivity contribution in [3.8, 4) is 5.75 Å². The first-order chi connectivity index (χ1) is 9.24. The summed E-state index contributed by atoms with van der Waals surface area (Å²) in [5.74, 6) is -0.292. The van der Waals surface area contributed by atoms with Gasteiger partial charge in [-0.05, 0) is 24.3 Å². The normalized spacial score (nSPS) is 8.84. The first-order valence-electron chi connectivity index (χ1n) is 5.81. The predicted octanol–water partition coefficient (Wildman–Crippen LogP) is 3.64. The van der Waals surface area contributed by atoms with Gasteiger partial charge in [0.25, 0.3) is 0 Å². The first-order valence-corrected chi connectivity index (χ1v) is 5.81. The van der Waals surface area contributed by atoms with Crippen LogP contribution < -0.4 is 4.74 Å². The average Bonchev–Trinajstić information content (AvgIpc) is 2.48. The fraction of sp³-hybridized carbons (Fsp3) is 0.0625. The van der Waals surface area contributed by atoms with E-state index in [2.05, 4.69) is 6.58 Å². The van der Waals surface area contributed by atoms with Crippen LogP contribution >= 0.6 is 0 Å². The van der Waals surface area contributed by atoms with E-state index in [4.69, 9.17) is 9.84 Å². The molecule has 0 atom stereocenters. The van der Waals surface area contributed by atoms with Gasteiger partial charge in [0.05, 0.1) is 5.56 Å². The molecule has 0 heterocycles. The second-order valence-corrected chi connectivity index (χ2v) is 3.58. The van der Waals surface area contributed by atoms with Crippen LogP contribution in [0.4, 0.5) is 0 Å². The number of aromatic carboxylic acids is 1. The molecule has 0 fully saturated rings. The fourth-order valence-corrected chi connectivity index (χ4v) is 1.23. The standard InChI is InChI=1S/C10H10O3.C6H6/c1-2-7-13-9-5-3-8(4-6-9)10(11)12;1-2-4-6-5-3-1/h2-6H,1,7H2,(H,11,12);1-6H. The van der Waals surface area contributed by atoms with Crippen LogP contribution in [0.25, 0.3) is 0 Å². The van der Waals surface area contributed by atoms with E-state index in [1.807, 2.05) is 36.4 Å². The van der Waals surface area contributed by atoms with E-state index in [1.165, 1.54) is 12.1 Å². The van der Waals surface area contributed by atoms with Crippen LogP contribution in [0, 0.1) is 0 Å². The van der Waals surface area contributed by atoms with Gasteiger partial charge in [0.2, 0.25) is 0 Å². The average molecular weight is 256 g/mol. The third kappa shape index (κ3) is 6.07. The van der Waals surface area contributed by atoms with Crippen LogP contribution in [0.2, 0.25) is 0 Å². The molecule has 0 aliphatic rings. The Morgan fingerprint density at radius 3 is 1.89 bits per heavy atom. The van der Waals surface area contributed by atoms with Crippen molar-refractivity contribution in [2.75, 3.05) is 6.61 Å². The molecule has 0 saturated carbocycles. The minimum Gasteiger partial charge on any atom is -0.490 e. The first kappa shape index (κ1) is 14.5. The summed E-state index contributed by atoms with van der Waals surface area (Å²) in [6, 6.07) is 18.2. The minimum atomic E-state index is -0.935. The molecular formula is C16H16O3. The maximum Gasteiger partial charge on any atom is 0.335 e. The quantitative estimate of drug-likeness (QED) is 0.849. The largest absolute Gasteiger partial charge is 0.490 e. The van der Waals surface area contributed by atoms with Gasteiger partial charge in [-0.2, -0.15) is 0 Å². The second-order valence-electron chi connectivity index (χ2n) is 3.58. The lowest BCUT2D eigenvalue weighted by molar-refractivity contribution is 0.0697. The molecule has 0 unspecified atom stereocenters. The molecule has 2 aromatic rings. The van der Waals surface area contributed by atoms with Gasteiger partial charge in [0.15, 0.2) is 0 Å². The van der Waals surface area contributed by atoms with Gasteiger partial charge in [0.1, 0.15) is 12.4 Å². The van der Waals surface area contributed by atoms with E-state index in [-0.39, 0.29) is 5.56 Å². The summed E-state index contributed by atoms with van der Waals surface area (Å²) in [6.45, 7) is 3.93. The molecule has 2 rings (SSSR count). The molecule has 3 nitrogen and oxygen atoms in total. The van der Waals surface area contributed by atoms with Crippen molar-refractivity contribution in [2.45, 2.75) is 0 Å². The zero-order chi connectivity index (χ0) is 13.9. The molecule has 19 heavy (non-hydrogen) atoms. The molecule has 2 aromatic carbocycles. The van der Waals surface area contributed by atoms with Gasteiger partial charge < -0.3 is 9.84 Å². The number of carboxylic acids is 1. The van der Waals surface area contributed by atoms with E-state index >= 15 is 0 Å². The highest BCUT2D eigenvalue weighted by Gasteiger charge is 2.00. The van der Waals surface area contributed by atoms with E-state index in [0.717, 1.165) is 0 Å². The summed E-state index contributed by atoms with van der Waals surface area (Å²) < 4.78 is 5.18. The summed E-state index contributed by atoms with van der Waals surface area (Å²) >= 11 is 0. The molecule has 0 aliphatic heterocycles. The lowest BCUT2D eigenvalue weighted by Gasteiger charge is -2.02. The van der Waals surface area contributed by atoms with Gasteiger partial charge >= 0.3 is 5.97 Å². The molecule has 0 spiro atoms. The zero-order valence-electron chi connectivity index (χ0n) is 10.5. The van der Waals surface area contributed by atoms with Crippen LogP contribution in [0.15, 0.2) is 73.3 Å². The van der Waals surface area contributed by atoms with Gasteiger partial charge in [-0.1, -0.05) is 49.1 Å². The summed E-state index contributed by atoms with van der Waals surface area (Å²) in [5, 5.41) is 8.59. The van der Waals surface area contributed by atoms with Gasteiger partial charge in [-0.3, -0.25) is 0 Å². The predicted molar refractivity (Wildman–Crippen MR) is 75.5 cm³/mol. The third-order valence-corrected chi connectivity index (χ3v) is 2.14. The van der Waals surface area contributed by atoms with E-state index in [1.54, 1.807) is 18.2 Å². The molecule has 98 valence electrons. The van der Waals surface area contributed by atoms with Crippen LogP contribution in [0.1, 0.15) is 10.4 Å². The number of ether oxygens (including phenoxy) is 1. The Morgan fingerprint density at radius 1 is 1.05 bits per heavy atom. The molecule has 1 N–H and O–H groups in total. The molecule has 3 heteroatoms. The van der Waals surface area contributed by atoms with E-state index in [0.29, 0.717) is 12.4 Å². The molecule has 0 amide bonds. The summed E-state index contributed by atoms with van der Waals surface area (Å²) in [6.07, 6.45) is 1.63. The number of hydrogen-bond acceptors (Lipinski definition) is 2. The topological polar surface area (TPSA) is 46.5 Å². The van der Waals surface area contributed by atoms with Gasteiger partial charge in [-0.15, -0.1) is 0 Å². The number of carboxylic acid groups (broad SMARTS) is 1. The van der Waals surface area contributed by atoms with Crippen LogP contribution in [0.3, 0.4) is 0 Å². The van der Waals surface area contributed by atoms with Crippen molar-refractivity contribution >= 4 is 5.97 Å². The Hall–Kier alpha value is -2.55. The Balaban J connectivity index is 0.000000250. The Morgan fingerprint density at radius 2 is 1.53 bits per heavy atom. The molecule has 0 aromatic heterocycles. The highest BCUT2D eigenvalue weighted by Crippen LogP contribution is 2.11. The molecule has 0 aliphatic carbocycles. The lowest BCUT2D eigenvalue weighted by Crippen LogP contribution is -1.97. The SMILES string of the molecule is C=CCOc1ccc(C(=O)O)cc1.c1ccccc1. The van der Waals surface area contributed by atoms with E-state index in [9.17, 15) is 4.79 Å². The molecule has 0 saturated heterocycles. The van der Waals surface area contributed by atoms with Crippen molar-refractivity contribution in [3.05, 3.63) is 78.9 Å². The number of benzene rings is 2. The van der Waals surface area contributed by atoms with Crippen LogP contribution in [0.5, 0.6) is 5.75 Å². The minimum absolute atomic E-state index is 0.256. The number of hydrogen-bond donors (Lipinski definition) is 1. The fourth-order valence-electron chi connectivity index (χ4n) is 1.23. The third-order valence-electron chi connectivity index (χ3n) is 2.14. The summed E-state index contributed by atoms with van der Waals surface area (Å²) in [4.78, 5) is 10.5. The number of carbonyl (C=O) groups is 1. The van der Waals surface area contributed by atoms with Crippen LogP contribution in [-0.4, -0.2) is 17.7 Å². The van der Waals surface area contributed by atoms with Crippen molar-refractivity contribution in [3.63, 3.8) is 0 Å². The Bertz CT molecular complexity index is 462. The maximum absolute atomic E-state index is 10.5. The van der Waals surface area contributed by atoms with Crippen molar-refractivity contribution in [2.24, 2.45) is 0 Å². The van der Waals surface area contributed by atoms with Crippen molar-refractivity contribution in [1.29, 1.82) is 0 Å². The molecule has 0 bridgehead atoms. The maximum atomic E-state index is 10.5. The monoisotopic (exact) mass is 256 g/mol. The molecular weight excluding hydrogens is 240 g/mol. The Kier molecular flexibility index (Phi) is 6.51. The number of rotatable bonds is 4. The zero-order valence-corrected chi connectivity index (χ0v) is 10.5. The highest BCUT2D eigenvalue weighted by atomic mass is 16.5. The molecule has 0 radical (unpaired) electrons. The highest BCUT2D eigenvalue weighted by molar-refractivity contribution is 5.87. The second kappa shape index (κ2) is 8.53. The van der Waals surface area contributed by atoms with Gasteiger partial charge in [0, 0.05) is 0 Å². The smallest absolute Gasteiger partial charge is 0.335 e. The van der Waals surface area contributed by atoms with Gasteiger partial charge in [-0.25, -0.2) is 4.79 Å².